The van der Waals surface area contributed by atoms with E-state index in [1.807, 2.05) is 19.2 Å². The number of allylic oxidation sites excluding steroid dienone is 2. The van der Waals surface area contributed by atoms with Gasteiger partial charge in [-0.15, -0.1) is 0 Å². The average molecular weight is 303 g/mol. The topological polar surface area (TPSA) is 57.2 Å². The SMILES string of the molecule is CC=NC\C=N/C(=C(C)/C=C\N)N1CCC2(CCCN2C)C1. The van der Waals surface area contributed by atoms with Crippen molar-refractivity contribution >= 4 is 12.4 Å². The Morgan fingerprint density at radius 1 is 1.32 bits per heavy atom. The Morgan fingerprint density at radius 2 is 2.14 bits per heavy atom. The van der Waals surface area contributed by atoms with Gasteiger partial charge in [-0.25, -0.2) is 4.99 Å². The molecular weight excluding hydrogens is 274 g/mol. The van der Waals surface area contributed by atoms with E-state index in [1.165, 1.54) is 25.8 Å². The summed E-state index contributed by atoms with van der Waals surface area (Å²) >= 11 is 0. The van der Waals surface area contributed by atoms with Crippen molar-refractivity contribution in [2.75, 3.05) is 33.2 Å². The molecule has 2 saturated heterocycles. The summed E-state index contributed by atoms with van der Waals surface area (Å²) < 4.78 is 0. The van der Waals surface area contributed by atoms with Crippen molar-refractivity contribution in [1.29, 1.82) is 0 Å². The summed E-state index contributed by atoms with van der Waals surface area (Å²) in [5.74, 6) is 1.03. The Bertz CT molecular complexity index is 491. The highest BCUT2D eigenvalue weighted by molar-refractivity contribution is 5.65. The Balaban J connectivity index is 2.16. The van der Waals surface area contributed by atoms with Crippen LogP contribution in [0.1, 0.15) is 33.1 Å². The van der Waals surface area contributed by atoms with Gasteiger partial charge in [-0.3, -0.25) is 9.89 Å². The molecule has 0 amide bonds. The van der Waals surface area contributed by atoms with Crippen LogP contribution in [-0.4, -0.2) is 61.0 Å². The highest BCUT2D eigenvalue weighted by Crippen LogP contribution is 2.38. The van der Waals surface area contributed by atoms with E-state index >= 15 is 0 Å². The molecule has 2 rings (SSSR count). The van der Waals surface area contributed by atoms with Gasteiger partial charge in [0.2, 0.25) is 0 Å². The smallest absolute Gasteiger partial charge is 0.131 e. The first-order valence-electron chi connectivity index (χ1n) is 8.15. The van der Waals surface area contributed by atoms with Gasteiger partial charge in [0.05, 0.1) is 6.54 Å². The minimum Gasteiger partial charge on any atom is -0.405 e. The Morgan fingerprint density at radius 3 is 2.77 bits per heavy atom. The molecule has 5 nitrogen and oxygen atoms in total. The van der Waals surface area contributed by atoms with E-state index in [2.05, 4.69) is 33.8 Å². The molecule has 2 heterocycles. The molecule has 0 radical (unpaired) electrons. The number of hydrogen-bond donors (Lipinski definition) is 1. The van der Waals surface area contributed by atoms with Gasteiger partial charge in [-0.1, -0.05) is 0 Å². The van der Waals surface area contributed by atoms with Crippen LogP contribution in [0, 0.1) is 0 Å². The van der Waals surface area contributed by atoms with E-state index in [9.17, 15) is 0 Å². The van der Waals surface area contributed by atoms with Crippen LogP contribution in [0.2, 0.25) is 0 Å². The summed E-state index contributed by atoms with van der Waals surface area (Å²) in [6.45, 7) is 7.95. The molecular formula is C17H29N5. The molecule has 5 heteroatoms. The number of aliphatic imine (C=N–C) groups is 2. The molecule has 0 bridgehead atoms. The first-order chi connectivity index (χ1) is 10.6. The number of rotatable bonds is 5. The largest absolute Gasteiger partial charge is 0.405 e. The first kappa shape index (κ1) is 16.7. The van der Waals surface area contributed by atoms with Crippen LogP contribution in [0.15, 0.2) is 33.7 Å². The quantitative estimate of drug-likeness (QED) is 0.624. The maximum absolute atomic E-state index is 5.56. The number of hydrogen-bond acceptors (Lipinski definition) is 5. The van der Waals surface area contributed by atoms with Crippen LogP contribution < -0.4 is 5.73 Å². The molecule has 2 aliphatic rings. The predicted molar refractivity (Wildman–Crippen MR) is 94.3 cm³/mol. The molecule has 1 spiro atoms. The lowest BCUT2D eigenvalue weighted by Crippen LogP contribution is -2.43. The first-order valence-corrected chi connectivity index (χ1v) is 8.15. The fraction of sp³-hybridized carbons (Fsp3) is 0.647. The Hall–Kier alpha value is -1.62. The fourth-order valence-electron chi connectivity index (χ4n) is 3.56. The van der Waals surface area contributed by atoms with E-state index in [4.69, 9.17) is 5.73 Å². The molecule has 0 aromatic carbocycles. The highest BCUT2D eigenvalue weighted by Gasteiger charge is 2.44. The number of nitrogens with two attached hydrogens (primary N) is 1. The van der Waals surface area contributed by atoms with Crippen molar-refractivity contribution in [2.45, 2.75) is 38.6 Å². The van der Waals surface area contributed by atoms with Crippen LogP contribution in [-0.2, 0) is 0 Å². The van der Waals surface area contributed by atoms with Crippen LogP contribution >= 0.6 is 0 Å². The van der Waals surface area contributed by atoms with Crippen molar-refractivity contribution in [3.05, 3.63) is 23.7 Å². The van der Waals surface area contributed by atoms with Gasteiger partial charge in [0.25, 0.3) is 0 Å². The zero-order chi connectivity index (χ0) is 16.0. The highest BCUT2D eigenvalue weighted by atomic mass is 15.3. The van der Waals surface area contributed by atoms with E-state index in [-0.39, 0.29) is 0 Å². The normalized spacial score (nSPS) is 28.0. The second kappa shape index (κ2) is 7.58. The van der Waals surface area contributed by atoms with Crippen molar-refractivity contribution in [3.8, 4) is 0 Å². The molecule has 2 aliphatic heterocycles. The Kier molecular flexibility index (Phi) is 5.77. The van der Waals surface area contributed by atoms with Gasteiger partial charge in [0.1, 0.15) is 5.82 Å². The number of likely N-dealkylation sites (tertiary alicyclic amines) is 2. The van der Waals surface area contributed by atoms with E-state index in [0.29, 0.717) is 12.1 Å². The van der Waals surface area contributed by atoms with Crippen molar-refractivity contribution < 1.29 is 0 Å². The van der Waals surface area contributed by atoms with Gasteiger partial charge in [0, 0.05) is 24.8 Å². The minimum absolute atomic E-state index is 0.342. The van der Waals surface area contributed by atoms with Crippen molar-refractivity contribution in [1.82, 2.24) is 9.80 Å². The average Bonchev–Trinajstić information content (AvgIpc) is 3.07. The second-order valence-corrected chi connectivity index (χ2v) is 6.22. The summed E-state index contributed by atoms with van der Waals surface area (Å²) in [5, 5.41) is 0. The second-order valence-electron chi connectivity index (χ2n) is 6.22. The third-order valence-electron chi connectivity index (χ3n) is 4.86. The molecule has 2 N–H and O–H groups in total. The van der Waals surface area contributed by atoms with E-state index < -0.39 is 0 Å². The van der Waals surface area contributed by atoms with Gasteiger partial charge in [-0.2, -0.15) is 0 Å². The van der Waals surface area contributed by atoms with Gasteiger partial charge < -0.3 is 10.6 Å². The van der Waals surface area contributed by atoms with E-state index in [1.54, 1.807) is 12.4 Å². The molecule has 0 aromatic heterocycles. The molecule has 122 valence electrons. The van der Waals surface area contributed by atoms with Gasteiger partial charge >= 0.3 is 0 Å². The molecule has 22 heavy (non-hydrogen) atoms. The molecule has 0 aliphatic carbocycles. The minimum atomic E-state index is 0.342. The lowest BCUT2D eigenvalue weighted by Gasteiger charge is -2.32. The standard InChI is InChI=1S/C17H29N5/c1-4-19-10-11-20-16(15(2)6-9-18)22-13-8-17(14-22)7-5-12-21(17)3/h4,6,9,11H,5,7-8,10,12-14,18H2,1-3H3/b9-6-,16-15-,19-4?,20-11-. The van der Waals surface area contributed by atoms with Crippen LogP contribution in [0.4, 0.5) is 0 Å². The molecule has 1 unspecified atom stereocenters. The van der Waals surface area contributed by atoms with Gasteiger partial charge in [0.15, 0.2) is 0 Å². The molecule has 0 aromatic rings. The lowest BCUT2D eigenvalue weighted by atomic mass is 9.96. The zero-order valence-corrected chi connectivity index (χ0v) is 14.1. The zero-order valence-electron chi connectivity index (χ0n) is 14.1. The van der Waals surface area contributed by atoms with Crippen molar-refractivity contribution in [3.63, 3.8) is 0 Å². The third-order valence-corrected chi connectivity index (χ3v) is 4.86. The molecule has 1 atom stereocenters. The monoisotopic (exact) mass is 303 g/mol. The third kappa shape index (κ3) is 3.58. The van der Waals surface area contributed by atoms with Crippen LogP contribution in [0.5, 0.6) is 0 Å². The lowest BCUT2D eigenvalue weighted by molar-refractivity contribution is 0.181. The molecule has 2 fully saturated rings. The summed E-state index contributed by atoms with van der Waals surface area (Å²) in [6.07, 6.45) is 11.0. The van der Waals surface area contributed by atoms with Gasteiger partial charge in [-0.05, 0) is 70.8 Å². The summed E-state index contributed by atoms with van der Waals surface area (Å²) in [6, 6.07) is 0. The van der Waals surface area contributed by atoms with Crippen molar-refractivity contribution in [2.24, 2.45) is 15.7 Å². The number of nitrogens with zero attached hydrogens (tertiary/aromatic N) is 4. The summed E-state index contributed by atoms with van der Waals surface area (Å²) in [7, 11) is 2.26. The predicted octanol–water partition coefficient (Wildman–Crippen LogP) is 2.02. The maximum atomic E-state index is 5.56. The fourth-order valence-corrected chi connectivity index (χ4v) is 3.56. The summed E-state index contributed by atoms with van der Waals surface area (Å²) in [4.78, 5) is 13.8. The number of likely N-dealkylation sites (N-methyl/N-ethyl adjacent to an activating group) is 1. The summed E-state index contributed by atoms with van der Waals surface area (Å²) in [5.41, 5.74) is 7.01. The maximum Gasteiger partial charge on any atom is 0.131 e. The Labute approximate surface area is 134 Å². The molecule has 0 saturated carbocycles. The van der Waals surface area contributed by atoms with Crippen LogP contribution in [0.3, 0.4) is 0 Å². The van der Waals surface area contributed by atoms with Crippen LogP contribution in [0.25, 0.3) is 0 Å². The van der Waals surface area contributed by atoms with E-state index in [0.717, 1.165) is 24.5 Å².